The molecule has 0 unspecified atom stereocenters. The van der Waals surface area contributed by atoms with Crippen molar-refractivity contribution in [3.8, 4) is 0 Å². The fourth-order valence-corrected chi connectivity index (χ4v) is 0.633. The van der Waals surface area contributed by atoms with Crippen LogP contribution in [-0.4, -0.2) is 31.1 Å². The highest BCUT2D eigenvalue weighted by atomic mass is 16.6. The first-order valence-corrected chi connectivity index (χ1v) is 4.21. The largest absolute Gasteiger partial charge is 0.550 e. The van der Waals surface area contributed by atoms with Gasteiger partial charge in [0.05, 0.1) is 6.42 Å². The molecule has 84 valence electrons. The Morgan fingerprint density at radius 1 is 1.13 bits per heavy atom. The summed E-state index contributed by atoms with van der Waals surface area (Å²) in [7, 11) is 0. The van der Waals surface area contributed by atoms with E-state index < -0.39 is 17.9 Å². The van der Waals surface area contributed by atoms with Crippen molar-refractivity contribution in [2.75, 3.05) is 13.2 Å². The minimum absolute atomic E-state index is 0.0814. The fourth-order valence-electron chi connectivity index (χ4n) is 0.633. The number of aliphatic carboxylic acids is 1. The van der Waals surface area contributed by atoms with Gasteiger partial charge in [0.2, 0.25) is 0 Å². The van der Waals surface area contributed by atoms with Crippen molar-refractivity contribution >= 4 is 17.9 Å². The molecule has 0 aromatic rings. The van der Waals surface area contributed by atoms with Crippen LogP contribution in [0, 0.1) is 0 Å². The summed E-state index contributed by atoms with van der Waals surface area (Å²) in [5.41, 5.74) is 0. The Balaban J connectivity index is 3.43. The van der Waals surface area contributed by atoms with Crippen molar-refractivity contribution in [3.63, 3.8) is 0 Å². The third kappa shape index (κ3) is 8.48. The van der Waals surface area contributed by atoms with Crippen LogP contribution in [0.25, 0.3) is 0 Å². The predicted octanol–water partition coefficient (Wildman–Crippen LogP) is -1.21. The zero-order valence-electron chi connectivity index (χ0n) is 8.06. The molecular formula is C9H11O6-. The average Bonchev–Trinajstić information content (AvgIpc) is 2.21. The van der Waals surface area contributed by atoms with Crippen LogP contribution < -0.4 is 5.11 Å². The third-order valence-electron chi connectivity index (χ3n) is 1.29. The molecule has 0 rings (SSSR count). The van der Waals surface area contributed by atoms with Crippen LogP contribution in [0.1, 0.15) is 12.8 Å². The van der Waals surface area contributed by atoms with Crippen molar-refractivity contribution < 1.29 is 29.0 Å². The molecule has 0 heterocycles. The zero-order chi connectivity index (χ0) is 11.7. The smallest absolute Gasteiger partial charge is 0.330 e. The first-order valence-electron chi connectivity index (χ1n) is 4.21. The van der Waals surface area contributed by atoms with E-state index in [2.05, 4.69) is 16.1 Å². The second-order valence-electron chi connectivity index (χ2n) is 2.46. The lowest BCUT2D eigenvalue weighted by Crippen LogP contribution is -2.23. The first kappa shape index (κ1) is 13.2. The Labute approximate surface area is 86.5 Å². The van der Waals surface area contributed by atoms with Gasteiger partial charge in [0.25, 0.3) is 0 Å². The lowest BCUT2D eigenvalue weighted by Gasteiger charge is -2.05. The molecule has 0 radical (unpaired) electrons. The van der Waals surface area contributed by atoms with E-state index in [1.54, 1.807) is 0 Å². The molecule has 0 saturated carbocycles. The summed E-state index contributed by atoms with van der Waals surface area (Å²) in [6.45, 7) is 2.98. The lowest BCUT2D eigenvalue weighted by atomic mass is 10.3. The van der Waals surface area contributed by atoms with Crippen LogP contribution in [-0.2, 0) is 23.9 Å². The minimum atomic E-state index is -1.31. The van der Waals surface area contributed by atoms with Gasteiger partial charge >= 0.3 is 11.9 Å². The maximum atomic E-state index is 10.8. The molecule has 0 aromatic carbocycles. The summed E-state index contributed by atoms with van der Waals surface area (Å²) >= 11 is 0. The maximum absolute atomic E-state index is 10.8. The normalized spacial score (nSPS) is 9.07. The second kappa shape index (κ2) is 7.54. The fraction of sp³-hybridized carbons (Fsp3) is 0.444. The summed E-state index contributed by atoms with van der Waals surface area (Å²) in [6.07, 6.45) is 0.348. The van der Waals surface area contributed by atoms with E-state index in [0.29, 0.717) is 0 Å². The molecule has 6 heteroatoms. The molecule has 0 spiro atoms. The molecule has 0 aliphatic rings. The molecule has 0 fully saturated rings. The highest BCUT2D eigenvalue weighted by Crippen LogP contribution is 1.91. The van der Waals surface area contributed by atoms with E-state index in [1.165, 1.54) is 0 Å². The van der Waals surface area contributed by atoms with Crippen LogP contribution >= 0.6 is 0 Å². The van der Waals surface area contributed by atoms with Gasteiger partial charge in [0.15, 0.2) is 0 Å². The monoisotopic (exact) mass is 215 g/mol. The van der Waals surface area contributed by atoms with Crippen molar-refractivity contribution in [1.29, 1.82) is 0 Å². The average molecular weight is 215 g/mol. The standard InChI is InChI=1S/C9H12O6/c1-2-8(12)14-5-6-15-9(13)4-3-7(10)11/h2H,1,3-6H2,(H,10,11)/p-1. The van der Waals surface area contributed by atoms with Crippen LogP contribution in [0.4, 0.5) is 0 Å². The quantitative estimate of drug-likeness (QED) is 0.300. The van der Waals surface area contributed by atoms with Gasteiger partial charge in [-0.3, -0.25) is 4.79 Å². The van der Waals surface area contributed by atoms with Crippen LogP contribution in [0.5, 0.6) is 0 Å². The van der Waals surface area contributed by atoms with Crippen molar-refractivity contribution in [2.24, 2.45) is 0 Å². The summed E-state index contributed by atoms with van der Waals surface area (Å²) in [5.74, 6) is -2.60. The van der Waals surface area contributed by atoms with Gasteiger partial charge in [0.1, 0.15) is 13.2 Å². The van der Waals surface area contributed by atoms with Gasteiger partial charge in [-0.15, -0.1) is 0 Å². The number of hydrogen-bond acceptors (Lipinski definition) is 6. The van der Waals surface area contributed by atoms with Crippen LogP contribution in [0.3, 0.4) is 0 Å². The molecule has 0 amide bonds. The number of ether oxygens (including phenoxy) is 2. The molecule has 0 aliphatic heterocycles. The highest BCUT2D eigenvalue weighted by Gasteiger charge is 2.03. The Bertz CT molecular complexity index is 257. The number of carbonyl (C=O) groups excluding carboxylic acids is 3. The summed E-state index contributed by atoms with van der Waals surface area (Å²) < 4.78 is 9.05. The number of carbonyl (C=O) groups is 3. The zero-order valence-corrected chi connectivity index (χ0v) is 8.06. The Morgan fingerprint density at radius 2 is 1.73 bits per heavy atom. The third-order valence-corrected chi connectivity index (χ3v) is 1.29. The van der Waals surface area contributed by atoms with Gasteiger partial charge in [-0.1, -0.05) is 6.58 Å². The lowest BCUT2D eigenvalue weighted by molar-refractivity contribution is -0.305. The van der Waals surface area contributed by atoms with Gasteiger partial charge in [-0.2, -0.15) is 0 Å². The van der Waals surface area contributed by atoms with Crippen LogP contribution in [0.2, 0.25) is 0 Å². The summed E-state index contributed by atoms with van der Waals surface area (Å²) in [4.78, 5) is 31.3. The molecule has 6 nitrogen and oxygen atoms in total. The van der Waals surface area contributed by atoms with Crippen LogP contribution in [0.15, 0.2) is 12.7 Å². The second-order valence-corrected chi connectivity index (χ2v) is 2.46. The number of esters is 2. The Kier molecular flexibility index (Phi) is 6.61. The molecule has 0 bridgehead atoms. The Hall–Kier alpha value is -1.85. The van der Waals surface area contributed by atoms with E-state index in [0.717, 1.165) is 6.08 Å². The van der Waals surface area contributed by atoms with E-state index in [4.69, 9.17) is 0 Å². The molecule has 0 atom stereocenters. The minimum Gasteiger partial charge on any atom is -0.550 e. The number of carboxylic acids is 1. The number of hydrogen-bond donors (Lipinski definition) is 0. The van der Waals surface area contributed by atoms with E-state index in [1.807, 2.05) is 0 Å². The topological polar surface area (TPSA) is 92.7 Å². The SMILES string of the molecule is C=CC(=O)OCCOC(=O)CCC(=O)[O-]. The van der Waals surface area contributed by atoms with E-state index in [9.17, 15) is 19.5 Å². The van der Waals surface area contributed by atoms with Gasteiger partial charge in [-0.05, 0) is 6.42 Å². The Morgan fingerprint density at radius 3 is 2.27 bits per heavy atom. The van der Waals surface area contributed by atoms with Gasteiger partial charge in [0, 0.05) is 12.0 Å². The summed E-state index contributed by atoms with van der Waals surface area (Å²) in [5, 5.41) is 9.96. The van der Waals surface area contributed by atoms with Crippen molar-refractivity contribution in [2.45, 2.75) is 12.8 Å². The maximum Gasteiger partial charge on any atom is 0.330 e. The number of rotatable bonds is 7. The molecule has 0 aromatic heterocycles. The van der Waals surface area contributed by atoms with E-state index in [-0.39, 0.29) is 26.1 Å². The molecule has 0 saturated heterocycles. The van der Waals surface area contributed by atoms with Crippen molar-refractivity contribution in [1.82, 2.24) is 0 Å². The molecule has 15 heavy (non-hydrogen) atoms. The predicted molar refractivity (Wildman–Crippen MR) is 46.4 cm³/mol. The summed E-state index contributed by atoms with van der Waals surface area (Å²) in [6, 6.07) is 0. The van der Waals surface area contributed by atoms with Crippen molar-refractivity contribution in [3.05, 3.63) is 12.7 Å². The molecular weight excluding hydrogens is 204 g/mol. The highest BCUT2D eigenvalue weighted by molar-refractivity contribution is 5.81. The number of carboxylic acid groups (broad SMARTS) is 1. The van der Waals surface area contributed by atoms with Gasteiger partial charge < -0.3 is 19.4 Å². The molecule has 0 N–H and O–H groups in total. The van der Waals surface area contributed by atoms with E-state index >= 15 is 0 Å². The first-order chi connectivity index (χ1) is 7.06. The van der Waals surface area contributed by atoms with Gasteiger partial charge in [-0.25, -0.2) is 4.79 Å². The molecule has 0 aliphatic carbocycles.